The maximum absolute atomic E-state index is 12.4. The Bertz CT molecular complexity index is 746. The van der Waals surface area contributed by atoms with Crippen molar-refractivity contribution in [2.45, 2.75) is 52.9 Å². The van der Waals surface area contributed by atoms with Crippen LogP contribution in [0.2, 0.25) is 0 Å². The molecule has 1 aliphatic rings. The van der Waals surface area contributed by atoms with Gasteiger partial charge in [0.15, 0.2) is 0 Å². The van der Waals surface area contributed by atoms with Gasteiger partial charge in [0.05, 0.1) is 11.9 Å². The largest absolute Gasteiger partial charge is 0.354 e. The number of sulfonamides is 1. The lowest BCUT2D eigenvalue weighted by molar-refractivity contribution is -0.119. The van der Waals surface area contributed by atoms with Crippen LogP contribution < -0.4 is 9.62 Å². The first-order valence-electron chi connectivity index (χ1n) is 10.2. The molecule has 0 spiro atoms. The van der Waals surface area contributed by atoms with E-state index in [9.17, 15) is 13.2 Å². The molecule has 0 radical (unpaired) electrons. The first-order valence-corrected chi connectivity index (χ1v) is 12.1. The molecule has 1 aromatic carbocycles. The van der Waals surface area contributed by atoms with Gasteiger partial charge in [-0.05, 0) is 70.8 Å². The second-order valence-electron chi connectivity index (χ2n) is 7.98. The SMILES string of the molecule is Cc1cc(C)c(N(CC(=O)NCCCN2CCCCCC2)S(C)(=O)=O)c(C)c1. The van der Waals surface area contributed by atoms with Gasteiger partial charge in [-0.3, -0.25) is 9.10 Å². The Balaban J connectivity index is 1.93. The summed E-state index contributed by atoms with van der Waals surface area (Å²) < 4.78 is 26.0. The first-order chi connectivity index (χ1) is 13.2. The molecule has 1 fully saturated rings. The van der Waals surface area contributed by atoms with Crippen molar-refractivity contribution in [3.05, 3.63) is 28.8 Å². The van der Waals surface area contributed by atoms with Crippen LogP contribution in [-0.4, -0.2) is 58.2 Å². The van der Waals surface area contributed by atoms with Crippen molar-refractivity contribution in [1.82, 2.24) is 10.2 Å². The lowest BCUT2D eigenvalue weighted by Crippen LogP contribution is -2.41. The normalized spacial score (nSPS) is 15.9. The average Bonchev–Trinajstić information content (AvgIpc) is 2.85. The minimum atomic E-state index is -3.56. The van der Waals surface area contributed by atoms with Gasteiger partial charge in [0, 0.05) is 6.54 Å². The van der Waals surface area contributed by atoms with Crippen molar-refractivity contribution in [1.29, 1.82) is 0 Å². The third kappa shape index (κ3) is 6.78. The number of nitrogens with zero attached hydrogens (tertiary/aromatic N) is 2. The molecule has 0 saturated carbocycles. The number of nitrogens with one attached hydrogen (secondary N) is 1. The van der Waals surface area contributed by atoms with Crippen molar-refractivity contribution in [3.63, 3.8) is 0 Å². The van der Waals surface area contributed by atoms with Gasteiger partial charge in [0.1, 0.15) is 6.54 Å². The van der Waals surface area contributed by atoms with Crippen molar-refractivity contribution < 1.29 is 13.2 Å². The van der Waals surface area contributed by atoms with E-state index in [1.54, 1.807) is 0 Å². The van der Waals surface area contributed by atoms with E-state index in [2.05, 4.69) is 10.2 Å². The third-order valence-electron chi connectivity index (χ3n) is 5.24. The summed E-state index contributed by atoms with van der Waals surface area (Å²) in [7, 11) is -3.56. The zero-order chi connectivity index (χ0) is 20.7. The van der Waals surface area contributed by atoms with E-state index in [0.29, 0.717) is 12.2 Å². The first kappa shape index (κ1) is 22.7. The van der Waals surface area contributed by atoms with E-state index in [0.717, 1.165) is 49.0 Å². The lowest BCUT2D eigenvalue weighted by atomic mass is 10.1. The highest BCUT2D eigenvalue weighted by molar-refractivity contribution is 7.92. The zero-order valence-corrected chi connectivity index (χ0v) is 18.6. The Hall–Kier alpha value is -1.60. The Morgan fingerprint density at radius 3 is 2.18 bits per heavy atom. The Morgan fingerprint density at radius 1 is 1.07 bits per heavy atom. The van der Waals surface area contributed by atoms with Crippen LogP contribution in [0.4, 0.5) is 5.69 Å². The summed E-state index contributed by atoms with van der Waals surface area (Å²) in [4.78, 5) is 14.9. The highest BCUT2D eigenvalue weighted by Crippen LogP contribution is 2.28. The molecule has 7 heteroatoms. The summed E-state index contributed by atoms with van der Waals surface area (Å²) in [5.74, 6) is -0.263. The van der Waals surface area contributed by atoms with E-state index >= 15 is 0 Å². The lowest BCUT2D eigenvalue weighted by Gasteiger charge is -2.26. The van der Waals surface area contributed by atoms with Gasteiger partial charge in [0.25, 0.3) is 0 Å². The predicted molar refractivity (Wildman–Crippen MR) is 115 cm³/mol. The molecular weight excluding hydrogens is 374 g/mol. The second kappa shape index (κ2) is 10.3. The van der Waals surface area contributed by atoms with Crippen LogP contribution >= 0.6 is 0 Å². The van der Waals surface area contributed by atoms with E-state index in [-0.39, 0.29) is 12.5 Å². The van der Waals surface area contributed by atoms with Crippen LogP contribution in [0.3, 0.4) is 0 Å². The van der Waals surface area contributed by atoms with Crippen molar-refractivity contribution in [2.75, 3.05) is 43.3 Å². The molecule has 28 heavy (non-hydrogen) atoms. The van der Waals surface area contributed by atoms with E-state index in [4.69, 9.17) is 0 Å². The molecule has 0 aliphatic carbocycles. The number of likely N-dealkylation sites (tertiary alicyclic amines) is 1. The number of aryl methyl sites for hydroxylation is 3. The Morgan fingerprint density at radius 2 is 1.64 bits per heavy atom. The number of carbonyl (C=O) groups excluding carboxylic acids is 1. The summed E-state index contributed by atoms with van der Waals surface area (Å²) in [6.45, 7) is 9.38. The average molecular weight is 410 g/mol. The fraction of sp³-hybridized carbons (Fsp3) is 0.667. The van der Waals surface area contributed by atoms with Crippen LogP contribution in [0.25, 0.3) is 0 Å². The molecule has 0 atom stereocenters. The molecule has 0 unspecified atom stereocenters. The molecule has 1 amide bonds. The summed E-state index contributed by atoms with van der Waals surface area (Å²) in [6, 6.07) is 3.89. The number of amides is 1. The number of rotatable bonds is 8. The van der Waals surface area contributed by atoms with Gasteiger partial charge in [-0.2, -0.15) is 0 Å². The molecule has 1 aliphatic heterocycles. The molecule has 6 nitrogen and oxygen atoms in total. The van der Waals surface area contributed by atoms with E-state index in [1.165, 1.54) is 30.0 Å². The maximum Gasteiger partial charge on any atom is 0.240 e. The summed E-state index contributed by atoms with van der Waals surface area (Å²) >= 11 is 0. The molecule has 1 heterocycles. The van der Waals surface area contributed by atoms with Crippen molar-refractivity contribution in [3.8, 4) is 0 Å². The monoisotopic (exact) mass is 409 g/mol. The van der Waals surface area contributed by atoms with Crippen LogP contribution in [0.1, 0.15) is 48.8 Å². The summed E-state index contributed by atoms with van der Waals surface area (Å²) in [5, 5.41) is 2.89. The highest BCUT2D eigenvalue weighted by Gasteiger charge is 2.24. The Kier molecular flexibility index (Phi) is 8.31. The minimum absolute atomic E-state index is 0.187. The van der Waals surface area contributed by atoms with Gasteiger partial charge in [-0.25, -0.2) is 8.42 Å². The number of carbonyl (C=O) groups is 1. The Labute approximate surface area is 170 Å². The molecule has 0 aromatic heterocycles. The standard InChI is InChI=1S/C21H35N3O3S/c1-17-14-18(2)21(19(3)15-17)24(28(4,26)27)16-20(25)22-10-9-13-23-11-7-5-6-8-12-23/h14-15H,5-13,16H2,1-4H3,(H,22,25). The minimum Gasteiger partial charge on any atom is -0.354 e. The molecule has 2 rings (SSSR count). The molecular formula is C21H35N3O3S. The quantitative estimate of drug-likeness (QED) is 0.670. The zero-order valence-electron chi connectivity index (χ0n) is 17.8. The van der Waals surface area contributed by atoms with Crippen LogP contribution in [0.15, 0.2) is 12.1 Å². The number of hydrogen-bond donors (Lipinski definition) is 1. The van der Waals surface area contributed by atoms with Crippen molar-refractivity contribution >= 4 is 21.6 Å². The predicted octanol–water partition coefficient (Wildman–Crippen LogP) is 2.76. The second-order valence-corrected chi connectivity index (χ2v) is 9.88. The summed E-state index contributed by atoms with van der Waals surface area (Å²) in [5.41, 5.74) is 3.40. The van der Waals surface area contributed by atoms with Gasteiger partial charge < -0.3 is 10.2 Å². The molecule has 1 saturated heterocycles. The molecule has 158 valence electrons. The fourth-order valence-corrected chi connectivity index (χ4v) is 4.98. The summed E-state index contributed by atoms with van der Waals surface area (Å²) in [6.07, 6.45) is 7.17. The molecule has 0 bridgehead atoms. The topological polar surface area (TPSA) is 69.7 Å². The fourth-order valence-electron chi connectivity index (χ4n) is 4.00. The molecule has 1 N–H and O–H groups in total. The number of anilines is 1. The van der Waals surface area contributed by atoms with Crippen LogP contribution in [0.5, 0.6) is 0 Å². The number of benzene rings is 1. The molecule has 1 aromatic rings. The van der Waals surface area contributed by atoms with Gasteiger partial charge in [-0.1, -0.05) is 30.5 Å². The van der Waals surface area contributed by atoms with Gasteiger partial charge in [0.2, 0.25) is 15.9 Å². The maximum atomic E-state index is 12.4. The third-order valence-corrected chi connectivity index (χ3v) is 6.36. The van der Waals surface area contributed by atoms with E-state index in [1.807, 2.05) is 32.9 Å². The smallest absolute Gasteiger partial charge is 0.240 e. The van der Waals surface area contributed by atoms with Crippen LogP contribution in [0, 0.1) is 20.8 Å². The number of hydrogen-bond acceptors (Lipinski definition) is 4. The van der Waals surface area contributed by atoms with E-state index < -0.39 is 10.0 Å². The highest BCUT2D eigenvalue weighted by atomic mass is 32.2. The van der Waals surface area contributed by atoms with Gasteiger partial charge >= 0.3 is 0 Å². The van der Waals surface area contributed by atoms with Crippen molar-refractivity contribution in [2.24, 2.45) is 0 Å². The van der Waals surface area contributed by atoms with Gasteiger partial charge in [-0.15, -0.1) is 0 Å². The van der Waals surface area contributed by atoms with Crippen LogP contribution in [-0.2, 0) is 14.8 Å².